The van der Waals surface area contributed by atoms with E-state index in [1.165, 1.54) is 4.68 Å². The third-order valence-electron chi connectivity index (χ3n) is 3.01. The van der Waals surface area contributed by atoms with Crippen LogP contribution in [0.1, 0.15) is 16.7 Å². The van der Waals surface area contributed by atoms with Crippen LogP contribution in [-0.4, -0.2) is 11.0 Å². The van der Waals surface area contributed by atoms with Crippen LogP contribution in [-0.2, 0) is 17.8 Å². The molecule has 19 heavy (non-hydrogen) atoms. The molecule has 1 aromatic carbocycles. The van der Waals surface area contributed by atoms with Crippen molar-refractivity contribution in [3.05, 3.63) is 69.6 Å². The third-order valence-corrected chi connectivity index (χ3v) is 3.01. The minimum Gasteiger partial charge on any atom is -0.319 e. The Labute approximate surface area is 111 Å². The number of benzene rings is 1. The molecular formula is C15H16N2O2. The molecule has 0 aliphatic heterocycles. The first-order chi connectivity index (χ1) is 9.22. The van der Waals surface area contributed by atoms with Crippen LogP contribution in [0.5, 0.6) is 0 Å². The molecule has 98 valence electrons. The number of aromatic nitrogens is 1. The van der Waals surface area contributed by atoms with Crippen molar-refractivity contribution in [1.82, 2.24) is 4.68 Å². The first kappa shape index (κ1) is 13.1. The van der Waals surface area contributed by atoms with Crippen molar-refractivity contribution >= 4 is 6.29 Å². The van der Waals surface area contributed by atoms with Gasteiger partial charge in [0.05, 0.1) is 6.54 Å². The number of carbonyl (C=O) groups is 1. The SMILES string of the molecule is Cc1ccn(NCc2ccccc2)c(=O)c1CC=O. The van der Waals surface area contributed by atoms with Gasteiger partial charge >= 0.3 is 0 Å². The van der Waals surface area contributed by atoms with Crippen molar-refractivity contribution in [3.8, 4) is 0 Å². The van der Waals surface area contributed by atoms with Crippen molar-refractivity contribution in [2.45, 2.75) is 19.9 Å². The molecule has 0 spiro atoms. The summed E-state index contributed by atoms with van der Waals surface area (Å²) in [6.07, 6.45) is 2.60. The number of rotatable bonds is 5. The zero-order valence-electron chi connectivity index (χ0n) is 10.8. The summed E-state index contributed by atoms with van der Waals surface area (Å²) in [5.41, 5.74) is 5.35. The standard InChI is InChI=1S/C15H16N2O2/c1-12-7-9-17(15(19)14(12)8-10-18)16-11-13-5-3-2-4-6-13/h2-7,9-10,16H,8,11H2,1H3. The largest absolute Gasteiger partial charge is 0.319 e. The second kappa shape index (κ2) is 6.00. The average Bonchev–Trinajstić information content (AvgIpc) is 2.44. The van der Waals surface area contributed by atoms with Crippen LogP contribution >= 0.6 is 0 Å². The van der Waals surface area contributed by atoms with Gasteiger partial charge in [0, 0.05) is 18.2 Å². The number of nitrogens with zero attached hydrogens (tertiary/aromatic N) is 1. The predicted molar refractivity (Wildman–Crippen MR) is 74.7 cm³/mol. The monoisotopic (exact) mass is 256 g/mol. The maximum absolute atomic E-state index is 12.1. The predicted octanol–water partition coefficient (Wildman–Crippen LogP) is 1.64. The molecule has 0 aliphatic rings. The lowest BCUT2D eigenvalue weighted by molar-refractivity contribution is -0.107. The van der Waals surface area contributed by atoms with Crippen molar-refractivity contribution in [3.63, 3.8) is 0 Å². The molecule has 0 amide bonds. The Morgan fingerprint density at radius 2 is 1.95 bits per heavy atom. The van der Waals surface area contributed by atoms with E-state index in [0.717, 1.165) is 17.4 Å². The van der Waals surface area contributed by atoms with Gasteiger partial charge in [-0.25, -0.2) is 4.68 Å². The second-order valence-corrected chi connectivity index (χ2v) is 4.34. The zero-order chi connectivity index (χ0) is 13.7. The lowest BCUT2D eigenvalue weighted by Crippen LogP contribution is -2.31. The molecule has 1 N–H and O–H groups in total. The molecule has 0 bridgehead atoms. The van der Waals surface area contributed by atoms with Crippen LogP contribution in [0.15, 0.2) is 47.4 Å². The zero-order valence-corrected chi connectivity index (χ0v) is 10.8. The van der Waals surface area contributed by atoms with Gasteiger partial charge in [-0.15, -0.1) is 0 Å². The van der Waals surface area contributed by atoms with Crippen LogP contribution in [0, 0.1) is 6.92 Å². The fraction of sp³-hybridized carbons (Fsp3) is 0.200. The second-order valence-electron chi connectivity index (χ2n) is 4.34. The summed E-state index contributed by atoms with van der Waals surface area (Å²) >= 11 is 0. The Kier molecular flexibility index (Phi) is 4.13. The molecule has 0 saturated heterocycles. The van der Waals surface area contributed by atoms with Crippen molar-refractivity contribution in [2.75, 3.05) is 5.43 Å². The molecule has 4 nitrogen and oxygen atoms in total. The quantitative estimate of drug-likeness (QED) is 0.827. The third kappa shape index (κ3) is 3.10. The highest BCUT2D eigenvalue weighted by Crippen LogP contribution is 2.02. The molecule has 0 saturated carbocycles. The lowest BCUT2D eigenvalue weighted by atomic mass is 10.1. The van der Waals surface area contributed by atoms with E-state index in [-0.39, 0.29) is 12.0 Å². The molecule has 0 atom stereocenters. The summed E-state index contributed by atoms with van der Waals surface area (Å²) in [5, 5.41) is 0. The van der Waals surface area contributed by atoms with Crippen LogP contribution in [0.2, 0.25) is 0 Å². The fourth-order valence-corrected chi connectivity index (χ4v) is 1.90. The Bertz CT molecular complexity index is 618. The topological polar surface area (TPSA) is 51.1 Å². The molecule has 0 unspecified atom stereocenters. The van der Waals surface area contributed by atoms with E-state index in [9.17, 15) is 9.59 Å². The van der Waals surface area contributed by atoms with E-state index in [1.54, 1.807) is 6.20 Å². The number of carbonyl (C=O) groups excluding carboxylic acids is 1. The van der Waals surface area contributed by atoms with E-state index in [0.29, 0.717) is 12.1 Å². The molecule has 2 aromatic rings. The smallest absolute Gasteiger partial charge is 0.272 e. The highest BCUT2D eigenvalue weighted by molar-refractivity contribution is 5.55. The highest BCUT2D eigenvalue weighted by Gasteiger charge is 2.06. The first-order valence-corrected chi connectivity index (χ1v) is 6.15. The number of nitrogens with one attached hydrogen (secondary N) is 1. The Balaban J connectivity index is 2.19. The van der Waals surface area contributed by atoms with Crippen LogP contribution < -0.4 is 11.0 Å². The summed E-state index contributed by atoms with van der Waals surface area (Å²) in [6, 6.07) is 11.7. The molecule has 1 aromatic heterocycles. The molecule has 0 aliphatic carbocycles. The number of hydrogen-bond donors (Lipinski definition) is 1. The van der Waals surface area contributed by atoms with Crippen LogP contribution in [0.4, 0.5) is 0 Å². The Morgan fingerprint density at radius 3 is 2.63 bits per heavy atom. The minimum atomic E-state index is -0.164. The van der Waals surface area contributed by atoms with Gasteiger partial charge in [0.15, 0.2) is 0 Å². The number of aryl methyl sites for hydroxylation is 1. The van der Waals surface area contributed by atoms with Crippen LogP contribution in [0.25, 0.3) is 0 Å². The van der Waals surface area contributed by atoms with E-state index < -0.39 is 0 Å². The molecule has 0 fully saturated rings. The van der Waals surface area contributed by atoms with Gasteiger partial charge < -0.3 is 10.2 Å². The van der Waals surface area contributed by atoms with Gasteiger partial charge in [0.2, 0.25) is 0 Å². The molecule has 2 rings (SSSR count). The van der Waals surface area contributed by atoms with Gasteiger partial charge in [0.1, 0.15) is 6.29 Å². The van der Waals surface area contributed by atoms with Gasteiger partial charge in [-0.05, 0) is 24.1 Å². The number of hydrogen-bond acceptors (Lipinski definition) is 3. The summed E-state index contributed by atoms with van der Waals surface area (Å²) < 4.78 is 1.43. The number of aldehydes is 1. The van der Waals surface area contributed by atoms with E-state index in [4.69, 9.17) is 0 Å². The van der Waals surface area contributed by atoms with Crippen LogP contribution in [0.3, 0.4) is 0 Å². The summed E-state index contributed by atoms with van der Waals surface area (Å²) in [6.45, 7) is 2.39. The molecular weight excluding hydrogens is 240 g/mol. The lowest BCUT2D eigenvalue weighted by Gasteiger charge is -2.11. The fourth-order valence-electron chi connectivity index (χ4n) is 1.90. The summed E-state index contributed by atoms with van der Waals surface area (Å²) in [7, 11) is 0. The van der Waals surface area contributed by atoms with E-state index in [2.05, 4.69) is 5.43 Å². The minimum absolute atomic E-state index is 0.151. The highest BCUT2D eigenvalue weighted by atomic mass is 16.1. The maximum Gasteiger partial charge on any atom is 0.272 e. The molecule has 4 heteroatoms. The van der Waals surface area contributed by atoms with E-state index >= 15 is 0 Å². The van der Waals surface area contributed by atoms with Gasteiger partial charge in [-0.1, -0.05) is 30.3 Å². The molecule has 1 heterocycles. The first-order valence-electron chi connectivity index (χ1n) is 6.15. The Hall–Kier alpha value is -2.36. The average molecular weight is 256 g/mol. The maximum atomic E-state index is 12.1. The van der Waals surface area contributed by atoms with Gasteiger partial charge in [-0.2, -0.15) is 0 Å². The van der Waals surface area contributed by atoms with Gasteiger partial charge in [-0.3, -0.25) is 4.79 Å². The van der Waals surface area contributed by atoms with Crippen molar-refractivity contribution < 1.29 is 4.79 Å². The van der Waals surface area contributed by atoms with Gasteiger partial charge in [0.25, 0.3) is 5.56 Å². The Morgan fingerprint density at radius 1 is 1.21 bits per heavy atom. The summed E-state index contributed by atoms with van der Waals surface area (Å²) in [5.74, 6) is 0. The number of pyridine rings is 1. The normalized spacial score (nSPS) is 10.2. The molecule has 0 radical (unpaired) electrons. The van der Waals surface area contributed by atoms with E-state index in [1.807, 2.05) is 43.3 Å². The van der Waals surface area contributed by atoms with Crippen molar-refractivity contribution in [1.29, 1.82) is 0 Å². The van der Waals surface area contributed by atoms with Crippen molar-refractivity contribution in [2.24, 2.45) is 0 Å². The summed E-state index contributed by atoms with van der Waals surface area (Å²) in [4.78, 5) is 22.7.